The van der Waals surface area contributed by atoms with Crippen LogP contribution in [0.1, 0.15) is 0 Å². The van der Waals surface area contributed by atoms with Crippen LogP contribution >= 0.6 is 11.8 Å². The summed E-state index contributed by atoms with van der Waals surface area (Å²) in [5.74, 6) is 0. The Balaban J connectivity index is 1.73. The molecule has 0 spiro atoms. The molecule has 27 heavy (non-hydrogen) atoms. The highest BCUT2D eigenvalue weighted by atomic mass is 32.2. The molecule has 0 radical (unpaired) electrons. The number of aryl methyl sites for hydroxylation is 1. The molecule has 3 aromatic rings. The van der Waals surface area contributed by atoms with E-state index in [4.69, 9.17) is 9.84 Å². The maximum atomic E-state index is 12.2. The van der Waals surface area contributed by atoms with Gasteiger partial charge in [0.1, 0.15) is 6.23 Å². The lowest BCUT2D eigenvalue weighted by atomic mass is 10.2. The minimum Gasteiger partial charge on any atom is -0.394 e. The van der Waals surface area contributed by atoms with E-state index in [1.54, 1.807) is 17.7 Å². The van der Waals surface area contributed by atoms with Crippen molar-refractivity contribution in [1.29, 1.82) is 0 Å². The molecule has 1 unspecified atom stereocenters. The Morgan fingerprint density at radius 3 is 2.67 bits per heavy atom. The Bertz CT molecular complexity index is 956. The first-order valence-corrected chi connectivity index (χ1v) is 9.40. The van der Waals surface area contributed by atoms with E-state index in [0.717, 1.165) is 26.4 Å². The average Bonchev–Trinajstić information content (AvgIpc) is 2.67. The first-order valence-electron chi connectivity index (χ1n) is 8.58. The normalized spacial score (nSPS) is 12.3. The average molecular weight is 386 g/mol. The quantitative estimate of drug-likeness (QED) is 0.407. The molecule has 0 amide bonds. The number of aliphatic hydroxyl groups is 2. The number of benzene rings is 2. The van der Waals surface area contributed by atoms with Gasteiger partial charge in [0.2, 0.25) is 0 Å². The highest BCUT2D eigenvalue weighted by Gasteiger charge is 2.08. The number of nitrogens with one attached hydrogen (secondary N) is 1. The van der Waals surface area contributed by atoms with E-state index in [1.165, 1.54) is 11.8 Å². The van der Waals surface area contributed by atoms with Gasteiger partial charge in [0.15, 0.2) is 0 Å². The van der Waals surface area contributed by atoms with Crippen molar-refractivity contribution in [3.8, 4) is 0 Å². The SMILES string of the molecule is Cn1c(=O)cc(Sc2ccc(NC(O)COCCO)cc2)c2ccccc21. The van der Waals surface area contributed by atoms with Crippen LogP contribution in [-0.4, -0.2) is 40.8 Å². The summed E-state index contributed by atoms with van der Waals surface area (Å²) in [7, 11) is 1.77. The van der Waals surface area contributed by atoms with Crippen LogP contribution in [0.2, 0.25) is 0 Å². The van der Waals surface area contributed by atoms with Crippen LogP contribution < -0.4 is 10.9 Å². The van der Waals surface area contributed by atoms with Gasteiger partial charge in [0.25, 0.3) is 5.56 Å². The molecule has 0 saturated carbocycles. The number of hydrogen-bond donors (Lipinski definition) is 3. The van der Waals surface area contributed by atoms with Crippen LogP contribution in [-0.2, 0) is 11.8 Å². The van der Waals surface area contributed by atoms with Crippen LogP contribution in [0, 0.1) is 0 Å². The number of aromatic nitrogens is 1. The molecule has 0 bridgehead atoms. The van der Waals surface area contributed by atoms with Crippen LogP contribution in [0.15, 0.2) is 69.2 Å². The zero-order valence-electron chi connectivity index (χ0n) is 15.0. The molecule has 1 heterocycles. The van der Waals surface area contributed by atoms with E-state index in [1.807, 2.05) is 48.5 Å². The van der Waals surface area contributed by atoms with Gasteiger partial charge in [0, 0.05) is 34.0 Å². The summed E-state index contributed by atoms with van der Waals surface area (Å²) in [6.07, 6.45) is -0.851. The minimum atomic E-state index is -0.851. The van der Waals surface area contributed by atoms with Gasteiger partial charge in [-0.15, -0.1) is 0 Å². The Morgan fingerprint density at radius 2 is 1.93 bits per heavy atom. The van der Waals surface area contributed by atoms with Crippen LogP contribution in [0.25, 0.3) is 10.9 Å². The van der Waals surface area contributed by atoms with Crippen molar-refractivity contribution >= 4 is 28.4 Å². The Labute approximate surface area is 161 Å². The number of anilines is 1. The predicted octanol–water partition coefficient (Wildman–Crippen LogP) is 2.43. The van der Waals surface area contributed by atoms with E-state index in [2.05, 4.69) is 5.32 Å². The van der Waals surface area contributed by atoms with Crippen molar-refractivity contribution in [3.05, 3.63) is 65.0 Å². The highest BCUT2D eigenvalue weighted by molar-refractivity contribution is 7.99. The largest absolute Gasteiger partial charge is 0.394 e. The second-order valence-electron chi connectivity index (χ2n) is 6.01. The number of aliphatic hydroxyl groups excluding tert-OH is 2. The van der Waals surface area contributed by atoms with Crippen LogP contribution in [0.3, 0.4) is 0 Å². The first kappa shape index (κ1) is 19.4. The van der Waals surface area contributed by atoms with Crippen molar-refractivity contribution in [2.75, 3.05) is 25.1 Å². The smallest absolute Gasteiger partial charge is 0.251 e. The molecule has 7 heteroatoms. The topological polar surface area (TPSA) is 83.7 Å². The second-order valence-corrected chi connectivity index (χ2v) is 7.12. The number of nitrogens with zero attached hydrogens (tertiary/aromatic N) is 1. The molecule has 1 aromatic heterocycles. The standard InChI is InChI=1S/C20H22N2O4S/c1-22-17-5-3-2-4-16(17)18(12-20(22)25)27-15-8-6-14(7-9-15)21-19(24)13-26-11-10-23/h2-9,12,19,21,23-24H,10-11,13H2,1H3. The predicted molar refractivity (Wildman–Crippen MR) is 107 cm³/mol. The summed E-state index contributed by atoms with van der Waals surface area (Å²) in [5, 5.41) is 22.5. The summed E-state index contributed by atoms with van der Waals surface area (Å²) < 4.78 is 6.73. The lowest BCUT2D eigenvalue weighted by molar-refractivity contribution is 0.0328. The van der Waals surface area contributed by atoms with Crippen molar-refractivity contribution in [2.24, 2.45) is 7.05 Å². The summed E-state index contributed by atoms with van der Waals surface area (Å²) >= 11 is 1.53. The van der Waals surface area contributed by atoms with Gasteiger partial charge in [-0.05, 0) is 30.3 Å². The van der Waals surface area contributed by atoms with Crippen molar-refractivity contribution in [1.82, 2.24) is 4.57 Å². The highest BCUT2D eigenvalue weighted by Crippen LogP contribution is 2.32. The molecular formula is C20H22N2O4S. The van der Waals surface area contributed by atoms with E-state index < -0.39 is 6.23 Å². The molecule has 142 valence electrons. The van der Waals surface area contributed by atoms with Crippen molar-refractivity contribution in [3.63, 3.8) is 0 Å². The zero-order chi connectivity index (χ0) is 19.2. The summed E-state index contributed by atoms with van der Waals surface area (Å²) in [6, 6.07) is 17.1. The number of ether oxygens (including phenoxy) is 1. The second kappa shape index (κ2) is 9.05. The number of rotatable bonds is 8. The van der Waals surface area contributed by atoms with Gasteiger partial charge < -0.3 is 24.8 Å². The van der Waals surface area contributed by atoms with E-state index in [-0.39, 0.29) is 25.4 Å². The molecular weight excluding hydrogens is 364 g/mol. The molecule has 2 aromatic carbocycles. The molecule has 3 N–H and O–H groups in total. The minimum absolute atomic E-state index is 0.0412. The lowest BCUT2D eigenvalue weighted by Crippen LogP contribution is -2.25. The van der Waals surface area contributed by atoms with E-state index >= 15 is 0 Å². The van der Waals surface area contributed by atoms with Gasteiger partial charge in [-0.1, -0.05) is 30.0 Å². The Morgan fingerprint density at radius 1 is 1.19 bits per heavy atom. The van der Waals surface area contributed by atoms with Gasteiger partial charge in [-0.2, -0.15) is 0 Å². The fourth-order valence-corrected chi connectivity index (χ4v) is 3.67. The molecule has 3 rings (SSSR count). The third-order valence-electron chi connectivity index (χ3n) is 4.04. The zero-order valence-corrected chi connectivity index (χ0v) is 15.8. The maximum Gasteiger partial charge on any atom is 0.251 e. The summed E-state index contributed by atoms with van der Waals surface area (Å²) in [4.78, 5) is 14.1. The summed E-state index contributed by atoms with van der Waals surface area (Å²) in [5.41, 5.74) is 1.62. The van der Waals surface area contributed by atoms with Gasteiger partial charge in [-0.25, -0.2) is 0 Å². The Kier molecular flexibility index (Phi) is 6.52. The monoisotopic (exact) mass is 386 g/mol. The molecule has 0 saturated heterocycles. The Hall–Kier alpha value is -2.32. The fourth-order valence-electron chi connectivity index (χ4n) is 2.70. The van der Waals surface area contributed by atoms with Crippen molar-refractivity contribution < 1.29 is 14.9 Å². The maximum absolute atomic E-state index is 12.2. The third-order valence-corrected chi connectivity index (χ3v) is 5.11. The van der Waals surface area contributed by atoms with Gasteiger partial charge in [-0.3, -0.25) is 4.79 Å². The van der Waals surface area contributed by atoms with Gasteiger partial charge in [0.05, 0.1) is 25.3 Å². The molecule has 0 aliphatic rings. The molecule has 0 aliphatic carbocycles. The van der Waals surface area contributed by atoms with Crippen molar-refractivity contribution in [2.45, 2.75) is 16.0 Å². The molecule has 6 nitrogen and oxygen atoms in total. The third kappa shape index (κ3) is 4.90. The number of fused-ring (bicyclic) bond motifs is 1. The van der Waals surface area contributed by atoms with E-state index in [0.29, 0.717) is 0 Å². The van der Waals surface area contributed by atoms with E-state index in [9.17, 15) is 9.90 Å². The van der Waals surface area contributed by atoms with Gasteiger partial charge >= 0.3 is 0 Å². The number of hydrogen-bond acceptors (Lipinski definition) is 6. The van der Waals surface area contributed by atoms with Crippen LogP contribution in [0.4, 0.5) is 5.69 Å². The first-order chi connectivity index (χ1) is 13.1. The number of pyridine rings is 1. The van der Waals surface area contributed by atoms with Crippen LogP contribution in [0.5, 0.6) is 0 Å². The molecule has 0 fully saturated rings. The fraction of sp³-hybridized carbons (Fsp3) is 0.250. The molecule has 0 aliphatic heterocycles. The molecule has 1 atom stereocenters. The summed E-state index contributed by atoms with van der Waals surface area (Å²) in [6.45, 7) is 0.213. The lowest BCUT2D eigenvalue weighted by Gasteiger charge is -2.14. The number of para-hydroxylation sites is 1.